The number of rotatable bonds is 5. The Labute approximate surface area is 164 Å². The molecule has 0 radical (unpaired) electrons. The Kier molecular flexibility index (Phi) is 5.14. The molecule has 4 rings (SSSR count). The fourth-order valence-electron chi connectivity index (χ4n) is 4.71. The highest BCUT2D eigenvalue weighted by Gasteiger charge is 2.41. The predicted molar refractivity (Wildman–Crippen MR) is 107 cm³/mol. The van der Waals surface area contributed by atoms with E-state index in [9.17, 15) is 14.9 Å². The minimum atomic E-state index is -0.437. The van der Waals surface area contributed by atoms with Gasteiger partial charge in [-0.05, 0) is 44.1 Å². The number of ether oxygens (including phenoxy) is 1. The topological polar surface area (TPSA) is 96.7 Å². The van der Waals surface area contributed by atoms with Crippen LogP contribution in [0.1, 0.15) is 49.4 Å². The van der Waals surface area contributed by atoms with Crippen molar-refractivity contribution in [2.24, 2.45) is 5.92 Å². The number of nitrogens with zero attached hydrogens (tertiary/aromatic N) is 2. The first-order valence-electron chi connectivity index (χ1n) is 10.2. The van der Waals surface area contributed by atoms with Crippen molar-refractivity contribution in [3.8, 4) is 0 Å². The Morgan fingerprint density at radius 1 is 1.29 bits per heavy atom. The lowest BCUT2D eigenvalue weighted by molar-refractivity contribution is -0.383. The number of carbonyl (C=O) groups excluding carboxylic acids is 1. The van der Waals surface area contributed by atoms with Crippen LogP contribution < -0.4 is 15.5 Å². The number of morpholine rings is 1. The molecule has 2 N–H and O–H groups in total. The highest BCUT2D eigenvalue weighted by atomic mass is 16.6. The number of nitro benzene ring substituents is 1. The summed E-state index contributed by atoms with van der Waals surface area (Å²) in [5.74, 6) is 0.476. The molecule has 2 saturated heterocycles. The maximum Gasteiger partial charge on any atom is 0.293 e. The first kappa shape index (κ1) is 19.0. The number of amides is 1. The first-order chi connectivity index (χ1) is 13.5. The normalized spacial score (nSPS) is 29.0. The quantitative estimate of drug-likeness (QED) is 0.595. The van der Waals surface area contributed by atoms with Crippen molar-refractivity contribution < 1.29 is 14.5 Å². The minimum Gasteiger partial charge on any atom is -0.383 e. The summed E-state index contributed by atoms with van der Waals surface area (Å²) in [6.45, 7) is 3.59. The van der Waals surface area contributed by atoms with E-state index in [0.29, 0.717) is 30.3 Å². The van der Waals surface area contributed by atoms with Crippen LogP contribution in [0, 0.1) is 16.0 Å². The van der Waals surface area contributed by atoms with Crippen molar-refractivity contribution in [1.29, 1.82) is 0 Å². The van der Waals surface area contributed by atoms with Crippen LogP contribution in [0.2, 0.25) is 0 Å². The summed E-state index contributed by atoms with van der Waals surface area (Å²) in [7, 11) is 1.66. The first-order valence-corrected chi connectivity index (χ1v) is 10.2. The van der Waals surface area contributed by atoms with E-state index in [2.05, 4.69) is 22.5 Å². The number of benzene rings is 1. The van der Waals surface area contributed by atoms with Crippen molar-refractivity contribution >= 4 is 23.0 Å². The molecule has 8 heteroatoms. The average Bonchev–Trinajstić information content (AvgIpc) is 3.32. The van der Waals surface area contributed by atoms with E-state index in [1.54, 1.807) is 13.1 Å². The lowest BCUT2D eigenvalue weighted by Crippen LogP contribution is -2.41. The van der Waals surface area contributed by atoms with Crippen LogP contribution in [0.25, 0.3) is 0 Å². The number of carbonyl (C=O) groups is 1. The summed E-state index contributed by atoms with van der Waals surface area (Å²) >= 11 is 0. The van der Waals surface area contributed by atoms with Crippen LogP contribution in [-0.4, -0.2) is 49.2 Å². The molecule has 0 aromatic heterocycles. The zero-order chi connectivity index (χ0) is 19.8. The number of hydrogen-bond acceptors (Lipinski definition) is 6. The van der Waals surface area contributed by atoms with Gasteiger partial charge in [0.1, 0.15) is 5.69 Å². The molecule has 1 amide bonds. The largest absolute Gasteiger partial charge is 0.383 e. The van der Waals surface area contributed by atoms with Gasteiger partial charge in [-0.15, -0.1) is 0 Å². The molecule has 3 fully saturated rings. The van der Waals surface area contributed by atoms with Gasteiger partial charge >= 0.3 is 0 Å². The molecule has 3 aliphatic rings. The highest BCUT2D eigenvalue weighted by molar-refractivity contribution is 6.02. The van der Waals surface area contributed by atoms with Gasteiger partial charge in [-0.2, -0.15) is 0 Å². The molecule has 1 aromatic carbocycles. The third-order valence-corrected chi connectivity index (χ3v) is 6.39. The average molecular weight is 388 g/mol. The summed E-state index contributed by atoms with van der Waals surface area (Å²) in [5.41, 5.74) is 1.49. The molecule has 1 saturated carbocycles. The Hall–Kier alpha value is -2.35. The highest BCUT2D eigenvalue weighted by Crippen LogP contribution is 2.39. The van der Waals surface area contributed by atoms with E-state index in [1.165, 1.54) is 6.07 Å². The Morgan fingerprint density at radius 2 is 2.04 bits per heavy atom. The van der Waals surface area contributed by atoms with Gasteiger partial charge in [0.05, 0.1) is 34.9 Å². The third kappa shape index (κ3) is 3.53. The van der Waals surface area contributed by atoms with E-state index in [4.69, 9.17) is 4.74 Å². The Morgan fingerprint density at radius 3 is 2.61 bits per heavy atom. The van der Waals surface area contributed by atoms with Crippen LogP contribution in [-0.2, 0) is 4.74 Å². The molecule has 2 heterocycles. The molecule has 2 aliphatic heterocycles. The van der Waals surface area contributed by atoms with Gasteiger partial charge < -0.3 is 20.3 Å². The fraction of sp³-hybridized carbons (Fsp3) is 0.650. The number of anilines is 2. The predicted octanol–water partition coefficient (Wildman–Crippen LogP) is 2.92. The van der Waals surface area contributed by atoms with E-state index >= 15 is 0 Å². The molecule has 28 heavy (non-hydrogen) atoms. The summed E-state index contributed by atoms with van der Waals surface area (Å²) in [6.07, 6.45) is 5.23. The summed E-state index contributed by atoms with van der Waals surface area (Å²) in [5, 5.41) is 17.6. The van der Waals surface area contributed by atoms with Crippen molar-refractivity contribution in [2.75, 3.05) is 30.4 Å². The molecular formula is C20H28N4O4. The minimum absolute atomic E-state index is 0.0747. The van der Waals surface area contributed by atoms with Gasteiger partial charge in [0, 0.05) is 25.7 Å². The zero-order valence-corrected chi connectivity index (χ0v) is 16.4. The zero-order valence-electron chi connectivity index (χ0n) is 16.4. The van der Waals surface area contributed by atoms with Crippen LogP contribution in [0.4, 0.5) is 17.1 Å². The third-order valence-electron chi connectivity index (χ3n) is 6.39. The van der Waals surface area contributed by atoms with E-state index in [0.717, 1.165) is 37.8 Å². The lowest BCUT2D eigenvalue weighted by Gasteiger charge is -2.32. The van der Waals surface area contributed by atoms with Gasteiger partial charge in [0.15, 0.2) is 0 Å². The van der Waals surface area contributed by atoms with Crippen LogP contribution in [0.15, 0.2) is 12.1 Å². The number of hydrogen-bond donors (Lipinski definition) is 2. The smallest absolute Gasteiger partial charge is 0.293 e. The molecule has 0 spiro atoms. The Bertz CT molecular complexity index is 776. The Balaban J connectivity index is 1.66. The van der Waals surface area contributed by atoms with Crippen molar-refractivity contribution in [3.63, 3.8) is 0 Å². The maximum absolute atomic E-state index is 13.1. The molecule has 152 valence electrons. The molecule has 0 unspecified atom stereocenters. The standard InChI is InChI=1S/C20H28N4O4/c1-12-3-5-13(6-4-12)22-20(25)16-8-19(24(26)27)17(21-2)9-18(16)23-10-15-7-14(23)11-28-15/h8-9,12-15,21H,3-7,10-11H2,1-2H3,(H,22,25)/t12-,13-,14-,15-/m0/s1. The molecule has 1 aliphatic carbocycles. The molecular weight excluding hydrogens is 360 g/mol. The molecule has 2 atom stereocenters. The van der Waals surface area contributed by atoms with Gasteiger partial charge in [-0.1, -0.05) is 6.92 Å². The van der Waals surface area contributed by atoms with Crippen molar-refractivity contribution in [3.05, 3.63) is 27.8 Å². The van der Waals surface area contributed by atoms with Gasteiger partial charge in [-0.3, -0.25) is 14.9 Å². The summed E-state index contributed by atoms with van der Waals surface area (Å²) in [6, 6.07) is 3.53. The van der Waals surface area contributed by atoms with Gasteiger partial charge in [0.2, 0.25) is 0 Å². The van der Waals surface area contributed by atoms with Crippen molar-refractivity contribution in [1.82, 2.24) is 5.32 Å². The monoisotopic (exact) mass is 388 g/mol. The lowest BCUT2D eigenvalue weighted by atomic mass is 9.87. The second-order valence-electron chi connectivity index (χ2n) is 8.32. The molecule has 2 bridgehead atoms. The molecule has 1 aromatic rings. The van der Waals surface area contributed by atoms with Gasteiger partial charge in [-0.25, -0.2) is 0 Å². The van der Waals surface area contributed by atoms with Crippen LogP contribution >= 0.6 is 0 Å². The van der Waals surface area contributed by atoms with Crippen LogP contribution in [0.5, 0.6) is 0 Å². The fourth-order valence-corrected chi connectivity index (χ4v) is 4.71. The van der Waals surface area contributed by atoms with E-state index in [1.807, 2.05) is 0 Å². The number of nitrogens with one attached hydrogen (secondary N) is 2. The SMILES string of the molecule is CNc1cc(N2C[C@@H]3C[C@H]2CO3)c(C(=O)N[C@H]2CC[C@H](C)CC2)cc1[N+](=O)[O-]. The van der Waals surface area contributed by atoms with Crippen molar-refractivity contribution in [2.45, 2.75) is 57.2 Å². The van der Waals surface area contributed by atoms with E-state index < -0.39 is 4.92 Å². The number of nitro groups is 1. The van der Waals surface area contributed by atoms with Crippen LogP contribution in [0.3, 0.4) is 0 Å². The molecule has 8 nitrogen and oxygen atoms in total. The van der Waals surface area contributed by atoms with Gasteiger partial charge in [0.25, 0.3) is 11.6 Å². The van der Waals surface area contributed by atoms with E-state index in [-0.39, 0.29) is 29.8 Å². The number of fused-ring (bicyclic) bond motifs is 2. The second-order valence-corrected chi connectivity index (χ2v) is 8.32. The maximum atomic E-state index is 13.1. The second kappa shape index (κ2) is 7.58. The summed E-state index contributed by atoms with van der Waals surface area (Å²) in [4.78, 5) is 26.4. The summed E-state index contributed by atoms with van der Waals surface area (Å²) < 4.78 is 5.69.